The molecule has 1 atom stereocenters. The van der Waals surface area contributed by atoms with Crippen molar-refractivity contribution in [2.24, 2.45) is 5.92 Å². The number of hydrogen-bond donors (Lipinski definition) is 1. The van der Waals surface area contributed by atoms with Crippen LogP contribution in [-0.4, -0.2) is 25.3 Å². The fraction of sp³-hybridized carbons (Fsp3) is 1.00. The van der Waals surface area contributed by atoms with Crippen molar-refractivity contribution in [1.29, 1.82) is 0 Å². The van der Waals surface area contributed by atoms with Gasteiger partial charge in [0.05, 0.1) is 6.61 Å². The summed E-state index contributed by atoms with van der Waals surface area (Å²) in [5.74, 6) is -0.151. The van der Waals surface area contributed by atoms with Gasteiger partial charge in [-0.1, -0.05) is 20.8 Å². The van der Waals surface area contributed by atoms with Gasteiger partial charge >= 0.3 is 6.11 Å². The van der Waals surface area contributed by atoms with Crippen LogP contribution in [0.1, 0.15) is 27.7 Å². The summed E-state index contributed by atoms with van der Waals surface area (Å²) in [5.41, 5.74) is 0. The van der Waals surface area contributed by atoms with Crippen molar-refractivity contribution in [3.8, 4) is 0 Å². The van der Waals surface area contributed by atoms with Crippen LogP contribution in [0.4, 0.5) is 8.78 Å². The lowest BCUT2D eigenvalue weighted by Crippen LogP contribution is -2.50. The van der Waals surface area contributed by atoms with E-state index in [-0.39, 0.29) is 12.5 Å². The van der Waals surface area contributed by atoms with Crippen LogP contribution in [-0.2, 0) is 4.74 Å². The lowest BCUT2D eigenvalue weighted by molar-refractivity contribution is -0.260. The van der Waals surface area contributed by atoms with Crippen LogP contribution in [0.3, 0.4) is 0 Å². The fourth-order valence-electron chi connectivity index (χ4n) is 1.24. The molecular formula is C9H19F2NO. The maximum absolute atomic E-state index is 13.2. The van der Waals surface area contributed by atoms with Gasteiger partial charge in [-0.15, -0.1) is 0 Å². The van der Waals surface area contributed by atoms with Crippen molar-refractivity contribution in [3.05, 3.63) is 0 Å². The molecule has 13 heavy (non-hydrogen) atoms. The Morgan fingerprint density at radius 3 is 2.15 bits per heavy atom. The molecule has 0 aliphatic rings. The number of halogens is 2. The number of rotatable bonds is 6. The lowest BCUT2D eigenvalue weighted by atomic mass is 10.0. The first kappa shape index (κ1) is 12.8. The van der Waals surface area contributed by atoms with Crippen LogP contribution in [0.2, 0.25) is 0 Å². The maximum atomic E-state index is 13.2. The zero-order valence-corrected chi connectivity index (χ0v) is 8.73. The Bertz CT molecular complexity index is 140. The number of ether oxygens (including phenoxy) is 1. The third-order valence-electron chi connectivity index (χ3n) is 1.79. The van der Waals surface area contributed by atoms with Crippen molar-refractivity contribution in [2.75, 3.05) is 13.2 Å². The van der Waals surface area contributed by atoms with Crippen molar-refractivity contribution < 1.29 is 13.5 Å². The van der Waals surface area contributed by atoms with Crippen molar-refractivity contribution in [2.45, 2.75) is 39.8 Å². The zero-order chi connectivity index (χ0) is 10.5. The van der Waals surface area contributed by atoms with Crippen LogP contribution in [0.15, 0.2) is 0 Å². The Hall–Kier alpha value is -0.220. The van der Waals surface area contributed by atoms with E-state index in [9.17, 15) is 8.78 Å². The highest BCUT2D eigenvalue weighted by Crippen LogP contribution is 2.25. The molecule has 0 unspecified atom stereocenters. The first-order valence-electron chi connectivity index (χ1n) is 4.70. The minimum Gasteiger partial charge on any atom is -0.320 e. The Morgan fingerprint density at radius 2 is 1.85 bits per heavy atom. The van der Waals surface area contributed by atoms with Crippen LogP contribution in [0.25, 0.3) is 0 Å². The van der Waals surface area contributed by atoms with Crippen molar-refractivity contribution >= 4 is 0 Å². The Kier molecular flexibility index (Phi) is 5.40. The predicted molar refractivity (Wildman–Crippen MR) is 48.9 cm³/mol. The monoisotopic (exact) mass is 195 g/mol. The van der Waals surface area contributed by atoms with Gasteiger partial charge in [-0.2, -0.15) is 8.78 Å². The summed E-state index contributed by atoms with van der Waals surface area (Å²) in [6.45, 7) is 7.42. The van der Waals surface area contributed by atoms with Gasteiger partial charge in [-0.25, -0.2) is 0 Å². The van der Waals surface area contributed by atoms with Gasteiger partial charge < -0.3 is 10.1 Å². The molecule has 1 N–H and O–H groups in total. The average molecular weight is 195 g/mol. The molecule has 0 amide bonds. The molecule has 0 saturated carbocycles. The maximum Gasteiger partial charge on any atom is 0.371 e. The average Bonchev–Trinajstić information content (AvgIpc) is 1.99. The molecule has 0 aliphatic carbocycles. The first-order valence-corrected chi connectivity index (χ1v) is 4.70. The molecule has 4 heteroatoms. The molecule has 0 radical (unpaired) electrons. The van der Waals surface area contributed by atoms with Gasteiger partial charge in [0, 0.05) is 0 Å². The highest BCUT2D eigenvalue weighted by atomic mass is 19.3. The number of nitrogens with one attached hydrogen (secondary N) is 1. The molecule has 0 aromatic rings. The number of hydrogen-bond acceptors (Lipinski definition) is 2. The van der Waals surface area contributed by atoms with E-state index in [0.717, 1.165) is 0 Å². The molecule has 0 fully saturated rings. The van der Waals surface area contributed by atoms with Gasteiger partial charge in [0.15, 0.2) is 0 Å². The van der Waals surface area contributed by atoms with E-state index in [2.05, 4.69) is 10.1 Å². The summed E-state index contributed by atoms with van der Waals surface area (Å²) in [6, 6.07) is -0.905. The highest BCUT2D eigenvalue weighted by Gasteiger charge is 2.41. The van der Waals surface area contributed by atoms with Crippen LogP contribution in [0.5, 0.6) is 0 Å². The molecule has 2 nitrogen and oxygen atoms in total. The fourth-order valence-corrected chi connectivity index (χ4v) is 1.24. The van der Waals surface area contributed by atoms with Gasteiger partial charge in [0.1, 0.15) is 6.04 Å². The third kappa shape index (κ3) is 4.00. The number of alkyl halides is 2. The van der Waals surface area contributed by atoms with E-state index in [1.807, 2.05) is 0 Å². The zero-order valence-electron chi connectivity index (χ0n) is 8.73. The minimum atomic E-state index is -3.07. The Morgan fingerprint density at radius 1 is 1.31 bits per heavy atom. The topological polar surface area (TPSA) is 21.3 Å². The standard InChI is InChI=1S/C9H19F2NO/c1-5-12-8(7(3)4)9(10,11)13-6-2/h7-8,12H,5-6H2,1-4H3/t8-/m0/s1. The summed E-state index contributed by atoms with van der Waals surface area (Å²) in [4.78, 5) is 0. The molecule has 80 valence electrons. The van der Waals surface area contributed by atoms with E-state index in [4.69, 9.17) is 0 Å². The summed E-state index contributed by atoms with van der Waals surface area (Å²) < 4.78 is 30.9. The summed E-state index contributed by atoms with van der Waals surface area (Å²) in [6.07, 6.45) is -3.07. The van der Waals surface area contributed by atoms with E-state index < -0.39 is 12.2 Å². The van der Waals surface area contributed by atoms with E-state index in [1.54, 1.807) is 27.7 Å². The molecule has 0 aromatic carbocycles. The molecule has 0 rings (SSSR count). The van der Waals surface area contributed by atoms with Gasteiger partial charge in [0.25, 0.3) is 0 Å². The molecule has 0 spiro atoms. The molecule has 0 aliphatic heterocycles. The quantitative estimate of drug-likeness (QED) is 0.702. The largest absolute Gasteiger partial charge is 0.371 e. The van der Waals surface area contributed by atoms with Gasteiger partial charge in [0.2, 0.25) is 0 Å². The van der Waals surface area contributed by atoms with Gasteiger partial charge in [-0.05, 0) is 19.4 Å². The normalized spacial score (nSPS) is 15.0. The first-order chi connectivity index (χ1) is 5.95. The molecular weight excluding hydrogens is 176 g/mol. The van der Waals surface area contributed by atoms with Crippen LogP contribution in [0, 0.1) is 5.92 Å². The molecule has 0 aromatic heterocycles. The molecule has 0 bridgehead atoms. The van der Waals surface area contributed by atoms with Crippen molar-refractivity contribution in [3.63, 3.8) is 0 Å². The van der Waals surface area contributed by atoms with E-state index in [1.165, 1.54) is 0 Å². The second-order valence-electron chi connectivity index (χ2n) is 3.27. The summed E-state index contributed by atoms with van der Waals surface area (Å²) >= 11 is 0. The Balaban J connectivity index is 4.32. The van der Waals surface area contributed by atoms with Crippen LogP contribution < -0.4 is 5.32 Å². The van der Waals surface area contributed by atoms with Crippen LogP contribution >= 0.6 is 0 Å². The van der Waals surface area contributed by atoms with E-state index >= 15 is 0 Å². The number of likely N-dealkylation sites (N-methyl/N-ethyl adjacent to an activating group) is 1. The van der Waals surface area contributed by atoms with E-state index in [0.29, 0.717) is 6.54 Å². The second kappa shape index (κ2) is 5.50. The highest BCUT2D eigenvalue weighted by molar-refractivity contribution is 4.78. The predicted octanol–water partition coefficient (Wildman–Crippen LogP) is 2.25. The van der Waals surface area contributed by atoms with Gasteiger partial charge in [-0.3, -0.25) is 0 Å². The molecule has 0 saturated heterocycles. The van der Waals surface area contributed by atoms with Crippen molar-refractivity contribution in [1.82, 2.24) is 5.32 Å². The smallest absolute Gasteiger partial charge is 0.320 e. The summed E-state index contributed by atoms with van der Waals surface area (Å²) in [7, 11) is 0. The SMILES string of the molecule is CCN[C@@H](C(C)C)C(F)(F)OCC. The Labute approximate surface area is 78.7 Å². The lowest BCUT2D eigenvalue weighted by Gasteiger charge is -2.29. The second-order valence-corrected chi connectivity index (χ2v) is 3.27. The molecule has 0 heterocycles. The summed E-state index contributed by atoms with van der Waals surface area (Å²) in [5, 5.41) is 2.73. The third-order valence-corrected chi connectivity index (χ3v) is 1.79. The minimum absolute atomic E-state index is 0.0294.